The number of ether oxygens (including phenoxy) is 5. The van der Waals surface area contributed by atoms with Crippen LogP contribution in [0.5, 0.6) is 46.0 Å². The number of benzene rings is 12. The topological polar surface area (TPSA) is 227 Å². The zero-order valence-electron chi connectivity index (χ0n) is 56.3. The molecule has 0 saturated heterocycles. The maximum atomic E-state index is 14.1. The van der Waals surface area contributed by atoms with E-state index in [0.29, 0.717) is 72.7 Å². The molecule has 1 aliphatic heterocycles. The number of esters is 1. The second kappa shape index (κ2) is 44.5. The molecule has 16 nitrogen and oxygen atoms in total. The minimum Gasteiger partial charge on any atom is -0.508 e. The second-order valence-corrected chi connectivity index (χ2v) is 24.3. The van der Waals surface area contributed by atoms with Crippen LogP contribution in [0.1, 0.15) is 163 Å². The Morgan fingerprint density at radius 3 is 1.25 bits per heavy atom. The van der Waals surface area contributed by atoms with Crippen molar-refractivity contribution >= 4 is 91.0 Å². The summed E-state index contributed by atoms with van der Waals surface area (Å²) < 4.78 is 46.5. The van der Waals surface area contributed by atoms with Crippen LogP contribution in [0.3, 0.4) is 0 Å². The van der Waals surface area contributed by atoms with E-state index in [1.165, 1.54) is 20.8 Å². The number of aromatic hydroxyl groups is 2. The van der Waals surface area contributed by atoms with E-state index in [1.54, 1.807) is 211 Å². The molecule has 1 atom stereocenters. The highest BCUT2D eigenvalue weighted by molar-refractivity contribution is 7.75. The molecule has 1 unspecified atom stereocenters. The van der Waals surface area contributed by atoms with Crippen molar-refractivity contribution in [2.75, 3.05) is 33.8 Å². The zero-order chi connectivity index (χ0) is 71.3. The van der Waals surface area contributed by atoms with Gasteiger partial charge in [-0.25, -0.2) is 4.79 Å². The molecule has 566 valence electrons. The molecular formula is C90H106NO15P. The molecule has 1 aliphatic rings. The van der Waals surface area contributed by atoms with E-state index in [-0.39, 0.29) is 100.0 Å². The number of carbonyl (C=O) groups is 6. The number of phenols is 2. The number of anilines is 1. The number of rotatable bonds is 13. The van der Waals surface area contributed by atoms with Gasteiger partial charge in [-0.05, 0) is 217 Å². The standard InChI is InChI=1S/C23H16O4.C20H17O4P.C18H15NO3.C10H10O2.C9H10O2.C2H6.8CH4/c1-14(24)15-2-3-19-13-22(9-7-17(19)10-15)27-23(26)20-5-4-18-12-21(25)8-6-16(18)11-20;1-22-14-11-12-18(23-2)20(13-14)25(21)19-10-6-4-8-16(19)15-7-3-5-9-17(15)24-25;1-22-17-8-5-15(6-9-17)19-18(21)14-3-2-13-11-16(20)7-4-12(13)10-14;1-7(11)9-4-3-5-10(6-9)8(2)12;1-7(10)8-3-5-9(11-2)6-4-8;1-2;;;;;;;;/h2-13,25H,1H3;3-13H,1-2H3;2-11,20H,1H3,(H,19,21);3-6H,1-2H3;3-6H,1-2H3;1-2H3;8*1H4. The number of nitrogens with one attached hydrogen (secondary N) is 1. The van der Waals surface area contributed by atoms with Gasteiger partial charge in [0, 0.05) is 39.1 Å². The lowest BCUT2D eigenvalue weighted by Crippen LogP contribution is -2.26. The lowest BCUT2D eigenvalue weighted by atomic mass is 10.0. The number of amides is 1. The highest BCUT2D eigenvalue weighted by atomic mass is 31.2. The molecule has 0 radical (unpaired) electrons. The van der Waals surface area contributed by atoms with Crippen LogP contribution in [0.15, 0.2) is 249 Å². The van der Waals surface area contributed by atoms with E-state index >= 15 is 0 Å². The van der Waals surface area contributed by atoms with Crippen molar-refractivity contribution < 1.29 is 71.8 Å². The number of ketones is 4. The third kappa shape index (κ3) is 24.5. The number of hydrogen-bond donors (Lipinski definition) is 3. The molecular weight excluding hydrogens is 1370 g/mol. The van der Waals surface area contributed by atoms with E-state index in [2.05, 4.69) is 5.32 Å². The Bertz CT molecular complexity index is 4940. The Morgan fingerprint density at radius 1 is 0.346 bits per heavy atom. The van der Waals surface area contributed by atoms with Crippen molar-refractivity contribution in [1.29, 1.82) is 0 Å². The largest absolute Gasteiger partial charge is 0.508 e. The van der Waals surface area contributed by atoms with Crippen molar-refractivity contribution in [3.8, 4) is 57.1 Å². The summed E-state index contributed by atoms with van der Waals surface area (Å²) in [6, 6.07) is 72.8. The fourth-order valence-corrected chi connectivity index (χ4v) is 12.6. The first-order valence-corrected chi connectivity index (χ1v) is 33.0. The van der Waals surface area contributed by atoms with E-state index in [0.717, 1.165) is 54.9 Å². The van der Waals surface area contributed by atoms with E-state index in [4.69, 9.17) is 28.2 Å². The molecule has 0 bridgehead atoms. The molecule has 17 heteroatoms. The maximum Gasteiger partial charge on any atom is 0.343 e. The van der Waals surface area contributed by atoms with E-state index in [9.17, 15) is 43.5 Å². The highest BCUT2D eigenvalue weighted by Crippen LogP contribution is 2.55. The molecule has 3 N–H and O–H groups in total. The van der Waals surface area contributed by atoms with Gasteiger partial charge in [-0.1, -0.05) is 170 Å². The van der Waals surface area contributed by atoms with Crippen LogP contribution in [-0.2, 0) is 4.57 Å². The minimum absolute atomic E-state index is 0. The number of carbonyl (C=O) groups excluding carboxylic acids is 6. The van der Waals surface area contributed by atoms with E-state index < -0.39 is 13.3 Å². The van der Waals surface area contributed by atoms with Crippen LogP contribution in [0.2, 0.25) is 0 Å². The minimum atomic E-state index is -3.39. The normalized spacial score (nSPS) is 11.1. The Balaban J connectivity index is 0.00000132. The number of methoxy groups -OCH3 is 4. The summed E-state index contributed by atoms with van der Waals surface area (Å²) in [7, 11) is 2.94. The van der Waals surface area contributed by atoms with Crippen LogP contribution in [-0.4, -0.2) is 73.7 Å². The number of para-hydroxylation sites is 1. The third-order valence-corrected chi connectivity index (χ3v) is 17.9. The highest BCUT2D eigenvalue weighted by Gasteiger charge is 2.40. The quantitative estimate of drug-likeness (QED) is 0.0422. The third-order valence-electron chi connectivity index (χ3n) is 15.4. The molecule has 12 aromatic rings. The average molecular weight is 1470 g/mol. The summed E-state index contributed by atoms with van der Waals surface area (Å²) in [6.07, 6.45) is 0. The van der Waals surface area contributed by atoms with Gasteiger partial charge in [0.2, 0.25) is 0 Å². The van der Waals surface area contributed by atoms with E-state index in [1.807, 2.05) is 86.6 Å². The summed E-state index contributed by atoms with van der Waals surface area (Å²) in [5.74, 6) is 3.49. The van der Waals surface area contributed by atoms with Crippen molar-refractivity contribution in [1.82, 2.24) is 0 Å². The maximum absolute atomic E-state index is 14.1. The van der Waals surface area contributed by atoms with Crippen molar-refractivity contribution in [2.24, 2.45) is 0 Å². The fourth-order valence-electron chi connectivity index (χ4n) is 10.2. The number of fused-ring (bicyclic) bond motifs is 6. The Hall–Kier alpha value is -12.1. The van der Waals surface area contributed by atoms with Crippen molar-refractivity contribution in [3.63, 3.8) is 0 Å². The van der Waals surface area contributed by atoms with Crippen LogP contribution < -0.4 is 44.1 Å². The first kappa shape index (κ1) is 94.9. The van der Waals surface area contributed by atoms with Crippen LogP contribution in [0.25, 0.3) is 43.4 Å². The van der Waals surface area contributed by atoms with Gasteiger partial charge in [-0.3, -0.25) is 28.5 Å². The van der Waals surface area contributed by atoms with Gasteiger partial charge < -0.3 is 43.7 Å². The van der Waals surface area contributed by atoms with Gasteiger partial charge in [0.15, 0.2) is 23.1 Å². The summed E-state index contributed by atoms with van der Waals surface area (Å²) in [5, 5.41) is 28.3. The van der Waals surface area contributed by atoms with Crippen LogP contribution >= 0.6 is 7.37 Å². The predicted molar refractivity (Wildman–Crippen MR) is 445 cm³/mol. The van der Waals surface area contributed by atoms with Gasteiger partial charge >= 0.3 is 13.3 Å². The molecule has 1 heterocycles. The van der Waals surface area contributed by atoms with Gasteiger partial charge in [0.1, 0.15) is 46.0 Å². The lowest BCUT2D eigenvalue weighted by molar-refractivity contribution is 0.0734. The molecule has 0 aliphatic carbocycles. The van der Waals surface area contributed by atoms with Crippen molar-refractivity contribution in [2.45, 2.75) is 101 Å². The summed E-state index contributed by atoms with van der Waals surface area (Å²) in [6.45, 7) is 10.0. The summed E-state index contributed by atoms with van der Waals surface area (Å²) >= 11 is 0. The fraction of sp³-hybridized carbons (Fsp3) is 0.200. The smallest absolute Gasteiger partial charge is 0.343 e. The molecule has 0 aromatic heterocycles. The number of Topliss-reactive ketones (excluding diaryl/α,β-unsaturated/α-hetero) is 4. The van der Waals surface area contributed by atoms with Crippen molar-refractivity contribution in [3.05, 3.63) is 282 Å². The molecule has 0 saturated carbocycles. The first-order valence-electron chi connectivity index (χ1n) is 31.3. The van der Waals surface area contributed by atoms with Gasteiger partial charge in [-0.2, -0.15) is 0 Å². The van der Waals surface area contributed by atoms with Gasteiger partial charge in [0.05, 0.1) is 44.6 Å². The Labute approximate surface area is 633 Å². The second-order valence-electron chi connectivity index (χ2n) is 22.0. The average Bonchev–Trinajstić information content (AvgIpc) is 0.731. The predicted octanol–water partition coefficient (Wildman–Crippen LogP) is 23.0. The lowest BCUT2D eigenvalue weighted by Gasteiger charge is -2.29. The van der Waals surface area contributed by atoms with Crippen LogP contribution in [0.4, 0.5) is 5.69 Å². The van der Waals surface area contributed by atoms with Crippen LogP contribution in [0, 0.1) is 0 Å². The molecule has 107 heavy (non-hydrogen) atoms. The Kier molecular flexibility index (Phi) is 39.5. The SMILES string of the molecule is C.C.C.C.C.C.C.C.CC.CC(=O)c1ccc2cc(OC(=O)c3ccc4cc(O)ccc4c3)ccc2c1.CC(=O)c1cccc(C(C)=O)c1.COc1ccc(C(C)=O)cc1.COc1ccc(NC(=O)c2ccc3cc(O)ccc3c2)cc1.COc1ccc(OC)c(P2(=O)Oc3ccccc3-c3ccccc32)c1. The monoisotopic (exact) mass is 1470 g/mol. The summed E-state index contributed by atoms with van der Waals surface area (Å²) in [5.41, 5.74) is 6.08. The van der Waals surface area contributed by atoms with Gasteiger partial charge in [-0.15, -0.1) is 0 Å². The first-order chi connectivity index (χ1) is 47.7. The molecule has 13 rings (SSSR count). The molecule has 12 aromatic carbocycles. The summed E-state index contributed by atoms with van der Waals surface area (Å²) in [4.78, 5) is 68.9. The number of phenolic OH excluding ortho intramolecular Hbond substituents is 2. The molecule has 1 amide bonds. The zero-order valence-corrected chi connectivity index (χ0v) is 57.2. The molecule has 0 spiro atoms. The Morgan fingerprint density at radius 2 is 0.738 bits per heavy atom. The number of hydrogen-bond acceptors (Lipinski definition) is 15. The molecule has 0 fully saturated rings. The van der Waals surface area contributed by atoms with Gasteiger partial charge in [0.25, 0.3) is 5.91 Å².